The van der Waals surface area contributed by atoms with Crippen LogP contribution in [0.5, 0.6) is 11.5 Å². The maximum absolute atomic E-state index is 11.9. The second-order valence-corrected chi connectivity index (χ2v) is 4.72. The van der Waals surface area contributed by atoms with E-state index in [4.69, 9.17) is 9.47 Å². The van der Waals surface area contributed by atoms with Gasteiger partial charge in [-0.1, -0.05) is 0 Å². The molecule has 0 spiro atoms. The molecular formula is C16H19N3O3. The molecule has 1 aromatic heterocycles. The molecule has 0 unspecified atom stereocenters. The number of carbonyl (C=O) groups excluding carboxylic acids is 1. The normalized spacial score (nSPS) is 10.7. The van der Waals surface area contributed by atoms with Crippen molar-refractivity contribution < 1.29 is 14.3 Å². The first-order valence-corrected chi connectivity index (χ1v) is 6.74. The van der Waals surface area contributed by atoms with E-state index in [1.54, 1.807) is 50.4 Å². The number of amides is 1. The minimum absolute atomic E-state index is 0.270. The van der Waals surface area contributed by atoms with Crippen molar-refractivity contribution in [3.8, 4) is 11.5 Å². The Balaban J connectivity index is 2.15. The molecular weight excluding hydrogens is 282 g/mol. The van der Waals surface area contributed by atoms with Gasteiger partial charge in [0, 0.05) is 24.4 Å². The third-order valence-electron chi connectivity index (χ3n) is 3.36. The van der Waals surface area contributed by atoms with Crippen molar-refractivity contribution >= 4 is 12.1 Å². The van der Waals surface area contributed by atoms with Crippen LogP contribution in [0.25, 0.3) is 0 Å². The van der Waals surface area contributed by atoms with Gasteiger partial charge in [0.15, 0.2) is 0 Å². The number of rotatable bonds is 5. The van der Waals surface area contributed by atoms with Crippen LogP contribution in [0, 0.1) is 6.92 Å². The number of carbonyl (C=O) groups is 1. The Kier molecular flexibility index (Phi) is 4.83. The van der Waals surface area contributed by atoms with Gasteiger partial charge in [-0.2, -0.15) is 5.10 Å². The van der Waals surface area contributed by atoms with Crippen LogP contribution in [0.2, 0.25) is 0 Å². The average Bonchev–Trinajstić information content (AvgIpc) is 2.93. The largest absolute Gasteiger partial charge is 0.496 e. The minimum Gasteiger partial charge on any atom is -0.496 e. The molecule has 1 N–H and O–H groups in total. The second-order valence-electron chi connectivity index (χ2n) is 4.72. The van der Waals surface area contributed by atoms with E-state index in [9.17, 15) is 4.79 Å². The fraction of sp³-hybridized carbons (Fsp3) is 0.250. The number of hydrogen-bond donors (Lipinski definition) is 1. The van der Waals surface area contributed by atoms with Crippen molar-refractivity contribution in [3.05, 3.63) is 47.3 Å². The predicted molar refractivity (Wildman–Crippen MR) is 84.8 cm³/mol. The van der Waals surface area contributed by atoms with E-state index in [1.807, 2.05) is 19.1 Å². The lowest BCUT2D eigenvalue weighted by Gasteiger charge is -2.11. The summed E-state index contributed by atoms with van der Waals surface area (Å²) in [5, 5.41) is 3.99. The molecule has 116 valence electrons. The van der Waals surface area contributed by atoms with Crippen LogP contribution < -0.4 is 14.9 Å². The van der Waals surface area contributed by atoms with Gasteiger partial charge >= 0.3 is 0 Å². The fourth-order valence-electron chi connectivity index (χ4n) is 2.20. The van der Waals surface area contributed by atoms with Crippen molar-refractivity contribution in [1.29, 1.82) is 0 Å². The SMILES string of the molecule is COc1ccc(C=NNC(=O)c2cccn2C)c(OC)c1C. The maximum atomic E-state index is 11.9. The second kappa shape index (κ2) is 6.80. The molecule has 0 aliphatic carbocycles. The van der Waals surface area contributed by atoms with Crippen LogP contribution in [0.15, 0.2) is 35.6 Å². The summed E-state index contributed by atoms with van der Waals surface area (Å²) in [4.78, 5) is 11.9. The first-order chi connectivity index (χ1) is 10.6. The summed E-state index contributed by atoms with van der Waals surface area (Å²) in [5.74, 6) is 1.13. The number of nitrogens with zero attached hydrogens (tertiary/aromatic N) is 2. The van der Waals surface area contributed by atoms with Crippen molar-refractivity contribution in [1.82, 2.24) is 9.99 Å². The van der Waals surface area contributed by atoms with Gasteiger partial charge in [0.1, 0.15) is 17.2 Å². The Morgan fingerprint density at radius 3 is 2.64 bits per heavy atom. The van der Waals surface area contributed by atoms with Crippen LogP contribution in [0.1, 0.15) is 21.6 Å². The third kappa shape index (κ3) is 3.11. The number of hydrazone groups is 1. The predicted octanol–water partition coefficient (Wildman–Crippen LogP) is 2.11. The molecule has 2 rings (SSSR count). The highest BCUT2D eigenvalue weighted by Gasteiger charge is 2.10. The maximum Gasteiger partial charge on any atom is 0.287 e. The lowest BCUT2D eigenvalue weighted by atomic mass is 10.1. The van der Waals surface area contributed by atoms with Crippen LogP contribution >= 0.6 is 0 Å². The molecule has 0 aliphatic heterocycles. The number of ether oxygens (including phenoxy) is 2. The summed E-state index contributed by atoms with van der Waals surface area (Å²) in [5.41, 5.74) is 4.67. The van der Waals surface area contributed by atoms with Crippen molar-refractivity contribution in [2.45, 2.75) is 6.92 Å². The molecule has 0 saturated heterocycles. The number of methoxy groups -OCH3 is 2. The third-order valence-corrected chi connectivity index (χ3v) is 3.36. The van der Waals surface area contributed by atoms with Gasteiger partial charge in [-0.25, -0.2) is 5.43 Å². The topological polar surface area (TPSA) is 64.8 Å². The molecule has 0 atom stereocenters. The molecule has 2 aromatic rings. The number of aryl methyl sites for hydroxylation is 1. The number of hydrogen-bond acceptors (Lipinski definition) is 4. The van der Waals surface area contributed by atoms with Gasteiger partial charge in [-0.05, 0) is 31.2 Å². The monoisotopic (exact) mass is 301 g/mol. The van der Waals surface area contributed by atoms with Crippen LogP contribution in [0.4, 0.5) is 0 Å². The Bertz CT molecular complexity index is 705. The summed E-state index contributed by atoms with van der Waals surface area (Å²) < 4.78 is 12.4. The van der Waals surface area contributed by atoms with Crippen molar-refractivity contribution in [3.63, 3.8) is 0 Å². The molecule has 1 aromatic carbocycles. The Hall–Kier alpha value is -2.76. The molecule has 0 fully saturated rings. The van der Waals surface area contributed by atoms with Gasteiger partial charge in [-0.15, -0.1) is 0 Å². The van der Waals surface area contributed by atoms with E-state index in [0.717, 1.165) is 16.9 Å². The molecule has 6 nitrogen and oxygen atoms in total. The van der Waals surface area contributed by atoms with E-state index >= 15 is 0 Å². The molecule has 0 radical (unpaired) electrons. The Labute approximate surface area is 129 Å². The fourth-order valence-corrected chi connectivity index (χ4v) is 2.20. The lowest BCUT2D eigenvalue weighted by molar-refractivity contribution is 0.0947. The Morgan fingerprint density at radius 1 is 1.27 bits per heavy atom. The lowest BCUT2D eigenvalue weighted by Crippen LogP contribution is -2.20. The zero-order chi connectivity index (χ0) is 16.1. The highest BCUT2D eigenvalue weighted by atomic mass is 16.5. The highest BCUT2D eigenvalue weighted by molar-refractivity contribution is 5.94. The molecule has 22 heavy (non-hydrogen) atoms. The zero-order valence-electron chi connectivity index (χ0n) is 13.1. The van der Waals surface area contributed by atoms with Gasteiger partial charge in [-0.3, -0.25) is 4.79 Å². The van der Waals surface area contributed by atoms with E-state index in [1.165, 1.54) is 0 Å². The summed E-state index contributed by atoms with van der Waals surface area (Å²) in [6, 6.07) is 7.18. The van der Waals surface area contributed by atoms with Gasteiger partial charge in [0.05, 0.1) is 20.4 Å². The van der Waals surface area contributed by atoms with E-state index < -0.39 is 0 Å². The first kappa shape index (κ1) is 15.6. The molecule has 1 amide bonds. The number of benzene rings is 1. The quantitative estimate of drug-likeness (QED) is 0.679. The van der Waals surface area contributed by atoms with Gasteiger partial charge in [0.2, 0.25) is 0 Å². The summed E-state index contributed by atoms with van der Waals surface area (Å²) in [6.07, 6.45) is 3.35. The first-order valence-electron chi connectivity index (χ1n) is 6.74. The van der Waals surface area contributed by atoms with Gasteiger partial charge in [0.25, 0.3) is 5.91 Å². The van der Waals surface area contributed by atoms with Crippen molar-refractivity contribution in [2.24, 2.45) is 12.1 Å². The summed E-state index contributed by atoms with van der Waals surface area (Å²) in [6.45, 7) is 1.90. The van der Waals surface area contributed by atoms with E-state index in [0.29, 0.717) is 11.4 Å². The highest BCUT2D eigenvalue weighted by Crippen LogP contribution is 2.30. The van der Waals surface area contributed by atoms with Crippen LogP contribution in [0.3, 0.4) is 0 Å². The van der Waals surface area contributed by atoms with Crippen LogP contribution in [-0.4, -0.2) is 30.9 Å². The molecule has 6 heteroatoms. The molecule has 0 aliphatic rings. The van der Waals surface area contributed by atoms with Crippen molar-refractivity contribution in [2.75, 3.05) is 14.2 Å². The van der Waals surface area contributed by atoms with E-state index in [2.05, 4.69) is 10.5 Å². The van der Waals surface area contributed by atoms with Gasteiger partial charge < -0.3 is 14.0 Å². The van der Waals surface area contributed by atoms with Crippen LogP contribution in [-0.2, 0) is 7.05 Å². The average molecular weight is 301 g/mol. The number of nitrogens with one attached hydrogen (secondary N) is 1. The Morgan fingerprint density at radius 2 is 2.05 bits per heavy atom. The zero-order valence-corrected chi connectivity index (χ0v) is 13.1. The molecule has 0 bridgehead atoms. The smallest absolute Gasteiger partial charge is 0.287 e. The number of aromatic nitrogens is 1. The summed E-state index contributed by atoms with van der Waals surface area (Å²) in [7, 11) is 4.99. The molecule has 0 saturated carbocycles. The minimum atomic E-state index is -0.270. The molecule has 1 heterocycles. The van der Waals surface area contributed by atoms with E-state index in [-0.39, 0.29) is 5.91 Å². The standard InChI is InChI=1S/C16H19N3O3/c1-11-14(21-3)8-7-12(15(11)22-4)10-17-18-16(20)13-6-5-9-19(13)2/h5-10H,1-4H3,(H,18,20). The summed E-state index contributed by atoms with van der Waals surface area (Å²) >= 11 is 0.